The summed E-state index contributed by atoms with van der Waals surface area (Å²) in [5, 5.41) is 8.69. The maximum Gasteiger partial charge on any atom is 0.317 e. The molecule has 0 spiro atoms. The third kappa shape index (κ3) is 4.26. The van der Waals surface area contributed by atoms with Crippen LogP contribution in [0.5, 0.6) is 0 Å². The Labute approximate surface area is 88.0 Å². The number of carbonyl (C=O) groups excluding carboxylic acids is 1. The molecular formula is C9H16N2O4. The van der Waals surface area contributed by atoms with E-state index >= 15 is 0 Å². The van der Waals surface area contributed by atoms with E-state index in [1.54, 1.807) is 4.90 Å². The minimum Gasteiger partial charge on any atom is -0.480 e. The van der Waals surface area contributed by atoms with Crippen molar-refractivity contribution in [3.63, 3.8) is 0 Å². The number of amides is 1. The van der Waals surface area contributed by atoms with Crippen molar-refractivity contribution in [3.05, 3.63) is 0 Å². The molecule has 15 heavy (non-hydrogen) atoms. The van der Waals surface area contributed by atoms with Gasteiger partial charge < -0.3 is 15.6 Å². The van der Waals surface area contributed by atoms with Crippen LogP contribution in [0, 0.1) is 0 Å². The Bertz CT molecular complexity index is 222. The normalized spacial score (nSPS) is 21.5. The van der Waals surface area contributed by atoms with Gasteiger partial charge in [-0.25, -0.2) is 0 Å². The molecule has 1 aliphatic rings. The van der Waals surface area contributed by atoms with Gasteiger partial charge in [0.05, 0.1) is 19.7 Å². The second-order valence-corrected chi connectivity index (χ2v) is 3.64. The summed E-state index contributed by atoms with van der Waals surface area (Å²) in [5.41, 5.74) is 5.06. The Hall–Kier alpha value is -1.14. The molecule has 0 saturated carbocycles. The van der Waals surface area contributed by atoms with Gasteiger partial charge in [0.2, 0.25) is 5.91 Å². The van der Waals surface area contributed by atoms with Gasteiger partial charge in [-0.1, -0.05) is 0 Å². The fourth-order valence-corrected chi connectivity index (χ4v) is 1.70. The highest BCUT2D eigenvalue weighted by molar-refractivity contribution is 5.77. The summed E-state index contributed by atoms with van der Waals surface area (Å²) < 4.78 is 5.24. The lowest BCUT2D eigenvalue weighted by Crippen LogP contribution is -2.47. The van der Waals surface area contributed by atoms with E-state index in [0.29, 0.717) is 13.2 Å². The van der Waals surface area contributed by atoms with Gasteiger partial charge in [0, 0.05) is 12.6 Å². The first-order valence-corrected chi connectivity index (χ1v) is 4.91. The number of hydrogen-bond acceptors (Lipinski definition) is 4. The van der Waals surface area contributed by atoms with E-state index < -0.39 is 11.9 Å². The maximum absolute atomic E-state index is 10.8. The Kier molecular flexibility index (Phi) is 4.51. The van der Waals surface area contributed by atoms with E-state index in [2.05, 4.69) is 0 Å². The second kappa shape index (κ2) is 5.67. The fraction of sp³-hybridized carbons (Fsp3) is 0.778. The second-order valence-electron chi connectivity index (χ2n) is 3.64. The number of nitrogens with zero attached hydrogens (tertiary/aromatic N) is 1. The van der Waals surface area contributed by atoms with Crippen molar-refractivity contribution in [3.8, 4) is 0 Å². The summed E-state index contributed by atoms with van der Waals surface area (Å²) in [6.07, 6.45) is 1.74. The number of rotatable bonds is 5. The van der Waals surface area contributed by atoms with Gasteiger partial charge in [-0.05, 0) is 12.8 Å². The van der Waals surface area contributed by atoms with Gasteiger partial charge in [-0.2, -0.15) is 0 Å². The summed E-state index contributed by atoms with van der Waals surface area (Å²) >= 11 is 0. The molecule has 0 aromatic carbocycles. The fourth-order valence-electron chi connectivity index (χ4n) is 1.70. The summed E-state index contributed by atoms with van der Waals surface area (Å²) in [6.45, 7) is 0.978. The summed E-state index contributed by atoms with van der Waals surface area (Å²) in [5.74, 6) is -1.47. The number of carboxylic acid groups (broad SMARTS) is 1. The molecule has 86 valence electrons. The summed E-state index contributed by atoms with van der Waals surface area (Å²) in [6, 6.07) is -0.0117. The lowest BCUT2D eigenvalue weighted by molar-refractivity contribution is -0.140. The third-order valence-electron chi connectivity index (χ3n) is 2.35. The monoisotopic (exact) mass is 216 g/mol. The van der Waals surface area contributed by atoms with Crippen LogP contribution in [0.3, 0.4) is 0 Å². The minimum absolute atomic E-state index is 0.0117. The number of hydrogen-bond donors (Lipinski definition) is 2. The SMILES string of the molecule is NC(=O)CN(CC(=O)O)C1CCCOC1. The van der Waals surface area contributed by atoms with E-state index in [-0.39, 0.29) is 19.1 Å². The van der Waals surface area contributed by atoms with Crippen molar-refractivity contribution in [2.24, 2.45) is 5.73 Å². The molecule has 1 rings (SSSR count). The maximum atomic E-state index is 10.8. The van der Waals surface area contributed by atoms with Crippen LogP contribution in [0.15, 0.2) is 0 Å². The van der Waals surface area contributed by atoms with Crippen LogP contribution in [0.4, 0.5) is 0 Å². The molecule has 1 atom stereocenters. The number of carboxylic acids is 1. The molecule has 0 aromatic heterocycles. The van der Waals surface area contributed by atoms with Crippen molar-refractivity contribution in [2.75, 3.05) is 26.3 Å². The molecule has 1 heterocycles. The van der Waals surface area contributed by atoms with E-state index in [1.807, 2.05) is 0 Å². The van der Waals surface area contributed by atoms with E-state index in [1.165, 1.54) is 0 Å². The Morgan fingerprint density at radius 2 is 2.20 bits per heavy atom. The molecule has 6 nitrogen and oxygen atoms in total. The quantitative estimate of drug-likeness (QED) is 0.617. The highest BCUT2D eigenvalue weighted by Crippen LogP contribution is 2.12. The van der Waals surface area contributed by atoms with E-state index in [0.717, 1.165) is 12.8 Å². The largest absolute Gasteiger partial charge is 0.480 e. The molecule has 0 radical (unpaired) electrons. The van der Waals surface area contributed by atoms with Crippen molar-refractivity contribution in [2.45, 2.75) is 18.9 Å². The first kappa shape index (κ1) is 11.9. The summed E-state index contributed by atoms with van der Waals surface area (Å²) in [7, 11) is 0. The molecule has 1 fully saturated rings. The van der Waals surface area contributed by atoms with Crippen LogP contribution in [0.1, 0.15) is 12.8 Å². The van der Waals surface area contributed by atoms with Gasteiger partial charge in [0.1, 0.15) is 0 Å². The third-order valence-corrected chi connectivity index (χ3v) is 2.35. The average molecular weight is 216 g/mol. The van der Waals surface area contributed by atoms with Gasteiger partial charge >= 0.3 is 5.97 Å². The van der Waals surface area contributed by atoms with Crippen molar-refractivity contribution in [1.29, 1.82) is 0 Å². The van der Waals surface area contributed by atoms with E-state index in [9.17, 15) is 9.59 Å². The molecule has 6 heteroatoms. The first-order chi connectivity index (χ1) is 7.09. The molecule has 0 aromatic rings. The zero-order chi connectivity index (χ0) is 11.3. The highest BCUT2D eigenvalue weighted by Gasteiger charge is 2.24. The van der Waals surface area contributed by atoms with Crippen molar-refractivity contribution < 1.29 is 19.4 Å². The molecule has 1 saturated heterocycles. The molecular weight excluding hydrogens is 200 g/mol. The van der Waals surface area contributed by atoms with Crippen LogP contribution in [-0.4, -0.2) is 54.2 Å². The standard InChI is InChI=1S/C9H16N2O4/c10-8(12)4-11(5-9(13)14)7-2-1-3-15-6-7/h7H,1-6H2,(H2,10,12)(H,13,14). The smallest absolute Gasteiger partial charge is 0.317 e. The number of ether oxygens (including phenoxy) is 1. The summed E-state index contributed by atoms with van der Waals surface area (Å²) in [4.78, 5) is 22.9. The predicted molar refractivity (Wildman–Crippen MR) is 52.2 cm³/mol. The average Bonchev–Trinajstić information content (AvgIpc) is 2.17. The molecule has 0 bridgehead atoms. The van der Waals surface area contributed by atoms with Gasteiger partial charge in [-0.3, -0.25) is 14.5 Å². The highest BCUT2D eigenvalue weighted by atomic mass is 16.5. The number of primary amides is 1. The lowest BCUT2D eigenvalue weighted by Gasteiger charge is -2.31. The predicted octanol–water partition coefficient (Wildman–Crippen LogP) is -0.963. The van der Waals surface area contributed by atoms with Gasteiger partial charge in [0.15, 0.2) is 0 Å². The van der Waals surface area contributed by atoms with Gasteiger partial charge in [-0.15, -0.1) is 0 Å². The molecule has 3 N–H and O–H groups in total. The number of carbonyl (C=O) groups is 2. The first-order valence-electron chi connectivity index (χ1n) is 4.91. The molecule has 0 aliphatic carbocycles. The number of aliphatic carboxylic acids is 1. The molecule has 1 aliphatic heterocycles. The zero-order valence-corrected chi connectivity index (χ0v) is 8.52. The lowest BCUT2D eigenvalue weighted by atomic mass is 10.1. The van der Waals surface area contributed by atoms with Gasteiger partial charge in [0.25, 0.3) is 0 Å². The van der Waals surface area contributed by atoms with Crippen LogP contribution in [0.2, 0.25) is 0 Å². The van der Waals surface area contributed by atoms with Crippen molar-refractivity contribution >= 4 is 11.9 Å². The Morgan fingerprint density at radius 3 is 2.67 bits per heavy atom. The molecule has 1 amide bonds. The van der Waals surface area contributed by atoms with Crippen LogP contribution in [0.25, 0.3) is 0 Å². The Morgan fingerprint density at radius 1 is 1.47 bits per heavy atom. The van der Waals surface area contributed by atoms with Crippen molar-refractivity contribution in [1.82, 2.24) is 4.90 Å². The minimum atomic E-state index is -0.957. The van der Waals surface area contributed by atoms with Crippen LogP contribution >= 0.6 is 0 Å². The van der Waals surface area contributed by atoms with Crippen LogP contribution < -0.4 is 5.73 Å². The molecule has 1 unspecified atom stereocenters. The zero-order valence-electron chi connectivity index (χ0n) is 8.52. The number of nitrogens with two attached hydrogens (primary N) is 1. The Balaban J connectivity index is 2.52. The topological polar surface area (TPSA) is 92.9 Å². The van der Waals surface area contributed by atoms with Crippen LogP contribution in [-0.2, 0) is 14.3 Å². The van der Waals surface area contributed by atoms with E-state index in [4.69, 9.17) is 15.6 Å².